The normalized spacial score (nSPS) is 12.3. The number of halogens is 2. The highest BCUT2D eigenvalue weighted by Gasteiger charge is 2.30. The first kappa shape index (κ1) is 23.2. The molecule has 1 unspecified atom stereocenters. The van der Waals surface area contributed by atoms with Crippen LogP contribution in [0, 0.1) is 0 Å². The Morgan fingerprint density at radius 1 is 1.03 bits per heavy atom. The van der Waals surface area contributed by atoms with Gasteiger partial charge in [-0.25, -0.2) is 0 Å². The molecule has 1 N–H and O–H groups in total. The average molecular weight is 435 g/mol. The largest absolute Gasteiger partial charge is 0.350 e. The quantitative estimate of drug-likeness (QED) is 0.645. The molecule has 1 atom stereocenters. The predicted molar refractivity (Wildman–Crippen MR) is 119 cm³/mol. The van der Waals surface area contributed by atoms with Gasteiger partial charge in [0.15, 0.2) is 0 Å². The van der Waals surface area contributed by atoms with E-state index in [9.17, 15) is 9.59 Å². The van der Waals surface area contributed by atoms with Gasteiger partial charge in [0.2, 0.25) is 11.8 Å². The summed E-state index contributed by atoms with van der Waals surface area (Å²) in [5.41, 5.74) is 1.26. The summed E-state index contributed by atoms with van der Waals surface area (Å²) >= 11 is 12.3. The molecule has 0 aliphatic rings. The van der Waals surface area contributed by atoms with Gasteiger partial charge < -0.3 is 10.2 Å². The Balaban J connectivity index is 2.32. The van der Waals surface area contributed by atoms with Crippen LogP contribution in [0.2, 0.25) is 10.0 Å². The van der Waals surface area contributed by atoms with Crippen LogP contribution in [0.3, 0.4) is 0 Å². The minimum Gasteiger partial charge on any atom is -0.350 e. The van der Waals surface area contributed by atoms with E-state index in [0.717, 1.165) is 11.1 Å². The van der Waals surface area contributed by atoms with Crippen molar-refractivity contribution >= 4 is 35.0 Å². The molecular weight excluding hydrogens is 407 g/mol. The first-order valence-electron chi connectivity index (χ1n) is 9.70. The van der Waals surface area contributed by atoms with E-state index in [1.807, 2.05) is 58.0 Å². The molecule has 0 radical (unpaired) electrons. The highest BCUT2D eigenvalue weighted by molar-refractivity contribution is 6.31. The fourth-order valence-corrected chi connectivity index (χ4v) is 3.38. The van der Waals surface area contributed by atoms with Gasteiger partial charge in [0.1, 0.15) is 6.04 Å². The van der Waals surface area contributed by atoms with E-state index in [1.54, 1.807) is 23.1 Å². The molecule has 6 heteroatoms. The van der Waals surface area contributed by atoms with Crippen LogP contribution in [0.15, 0.2) is 48.5 Å². The standard InChI is InChI=1S/C23H28Cl2N2O2/c1-5-20(22(29)26-23(2,3)4)27(15-17-8-6-7-9-19(17)25)21(28)14-16-10-12-18(24)13-11-16/h6-13,20H,5,14-15H2,1-4H3,(H,26,29). The zero-order valence-electron chi connectivity index (χ0n) is 17.3. The number of carbonyl (C=O) groups is 2. The second-order valence-electron chi connectivity index (χ2n) is 8.08. The monoisotopic (exact) mass is 434 g/mol. The maximum Gasteiger partial charge on any atom is 0.243 e. The third kappa shape index (κ3) is 7.06. The van der Waals surface area contributed by atoms with E-state index in [4.69, 9.17) is 23.2 Å². The van der Waals surface area contributed by atoms with E-state index in [-0.39, 0.29) is 30.3 Å². The number of amides is 2. The van der Waals surface area contributed by atoms with Gasteiger partial charge in [-0.2, -0.15) is 0 Å². The molecule has 0 saturated heterocycles. The molecule has 2 rings (SSSR count). The van der Waals surface area contributed by atoms with Crippen LogP contribution in [0.4, 0.5) is 0 Å². The average Bonchev–Trinajstić information content (AvgIpc) is 2.63. The topological polar surface area (TPSA) is 49.4 Å². The van der Waals surface area contributed by atoms with Crippen LogP contribution >= 0.6 is 23.2 Å². The van der Waals surface area contributed by atoms with Gasteiger partial charge >= 0.3 is 0 Å². The Morgan fingerprint density at radius 3 is 2.21 bits per heavy atom. The number of hydrogen-bond acceptors (Lipinski definition) is 2. The van der Waals surface area contributed by atoms with Crippen molar-refractivity contribution in [3.8, 4) is 0 Å². The molecule has 0 aliphatic heterocycles. The van der Waals surface area contributed by atoms with Gasteiger partial charge in [0, 0.05) is 22.1 Å². The Bertz CT molecular complexity index is 845. The first-order valence-corrected chi connectivity index (χ1v) is 10.5. The molecule has 0 aromatic heterocycles. The van der Waals surface area contributed by atoms with Gasteiger partial charge in [-0.3, -0.25) is 9.59 Å². The summed E-state index contributed by atoms with van der Waals surface area (Å²) in [7, 11) is 0. The van der Waals surface area contributed by atoms with Crippen LogP contribution in [0.25, 0.3) is 0 Å². The summed E-state index contributed by atoms with van der Waals surface area (Å²) in [6.45, 7) is 7.94. The van der Waals surface area contributed by atoms with Crippen LogP contribution in [-0.4, -0.2) is 28.3 Å². The highest BCUT2D eigenvalue weighted by atomic mass is 35.5. The molecule has 0 spiro atoms. The lowest BCUT2D eigenvalue weighted by Crippen LogP contribution is -2.53. The third-order valence-electron chi connectivity index (χ3n) is 4.45. The molecule has 0 fully saturated rings. The van der Waals surface area contributed by atoms with Crippen molar-refractivity contribution in [1.29, 1.82) is 0 Å². The van der Waals surface area contributed by atoms with Crippen LogP contribution < -0.4 is 5.32 Å². The smallest absolute Gasteiger partial charge is 0.243 e. The molecule has 29 heavy (non-hydrogen) atoms. The van der Waals surface area contributed by atoms with Crippen LogP contribution in [0.5, 0.6) is 0 Å². The lowest BCUT2D eigenvalue weighted by Gasteiger charge is -2.33. The lowest BCUT2D eigenvalue weighted by molar-refractivity contribution is -0.141. The molecule has 2 aromatic carbocycles. The Labute approximate surface area is 183 Å². The van der Waals surface area contributed by atoms with Gasteiger partial charge in [-0.1, -0.05) is 60.5 Å². The maximum atomic E-state index is 13.3. The van der Waals surface area contributed by atoms with E-state index in [0.29, 0.717) is 16.5 Å². The van der Waals surface area contributed by atoms with Crippen LogP contribution in [0.1, 0.15) is 45.2 Å². The Morgan fingerprint density at radius 2 is 1.66 bits per heavy atom. The molecule has 4 nitrogen and oxygen atoms in total. The van der Waals surface area contributed by atoms with Crippen molar-refractivity contribution < 1.29 is 9.59 Å². The van der Waals surface area contributed by atoms with Crippen molar-refractivity contribution in [1.82, 2.24) is 10.2 Å². The van der Waals surface area contributed by atoms with E-state index in [2.05, 4.69) is 5.32 Å². The second kappa shape index (κ2) is 10.1. The zero-order valence-corrected chi connectivity index (χ0v) is 18.8. The summed E-state index contributed by atoms with van der Waals surface area (Å²) in [5.74, 6) is -0.306. The van der Waals surface area contributed by atoms with Crippen molar-refractivity contribution in [3.63, 3.8) is 0 Å². The fraction of sp³-hybridized carbons (Fsp3) is 0.391. The Hall–Kier alpha value is -2.04. The van der Waals surface area contributed by atoms with Crippen LogP contribution in [-0.2, 0) is 22.6 Å². The molecule has 0 heterocycles. The number of nitrogens with zero attached hydrogens (tertiary/aromatic N) is 1. The number of carbonyl (C=O) groups excluding carboxylic acids is 2. The minimum atomic E-state index is -0.592. The van der Waals surface area contributed by atoms with Gasteiger partial charge in [-0.15, -0.1) is 0 Å². The first-order chi connectivity index (χ1) is 13.6. The molecule has 2 amide bonds. The SMILES string of the molecule is CCC(C(=O)NC(C)(C)C)N(Cc1ccccc1Cl)C(=O)Cc1ccc(Cl)cc1. The molecule has 156 valence electrons. The van der Waals surface area contributed by atoms with Gasteiger partial charge in [-0.05, 0) is 56.5 Å². The number of hydrogen-bond donors (Lipinski definition) is 1. The Kier molecular flexibility index (Phi) is 8.12. The molecule has 0 aliphatic carbocycles. The zero-order chi connectivity index (χ0) is 21.6. The van der Waals surface area contributed by atoms with Gasteiger partial charge in [0.25, 0.3) is 0 Å². The molecule has 0 bridgehead atoms. The van der Waals surface area contributed by atoms with Crippen molar-refractivity contribution in [2.75, 3.05) is 0 Å². The highest BCUT2D eigenvalue weighted by Crippen LogP contribution is 2.21. The number of nitrogens with one attached hydrogen (secondary N) is 1. The van der Waals surface area contributed by atoms with Crippen molar-refractivity contribution in [3.05, 3.63) is 69.7 Å². The van der Waals surface area contributed by atoms with Crippen molar-refractivity contribution in [2.45, 2.75) is 58.7 Å². The molecule has 2 aromatic rings. The van der Waals surface area contributed by atoms with E-state index in [1.165, 1.54) is 0 Å². The molecule has 0 saturated carbocycles. The summed E-state index contributed by atoms with van der Waals surface area (Å²) in [5, 5.41) is 4.18. The maximum absolute atomic E-state index is 13.3. The van der Waals surface area contributed by atoms with Gasteiger partial charge in [0.05, 0.1) is 6.42 Å². The molecular formula is C23H28Cl2N2O2. The van der Waals surface area contributed by atoms with E-state index < -0.39 is 6.04 Å². The summed E-state index contributed by atoms with van der Waals surface area (Å²) in [6.07, 6.45) is 0.680. The fourth-order valence-electron chi connectivity index (χ4n) is 3.06. The summed E-state index contributed by atoms with van der Waals surface area (Å²) in [4.78, 5) is 27.8. The summed E-state index contributed by atoms with van der Waals surface area (Å²) < 4.78 is 0. The predicted octanol–water partition coefficient (Wildman–Crippen LogP) is 5.26. The summed E-state index contributed by atoms with van der Waals surface area (Å²) in [6, 6.07) is 13.9. The number of rotatable bonds is 7. The third-order valence-corrected chi connectivity index (χ3v) is 5.07. The number of benzene rings is 2. The minimum absolute atomic E-state index is 0.136. The second-order valence-corrected chi connectivity index (χ2v) is 8.92. The van der Waals surface area contributed by atoms with Crippen molar-refractivity contribution in [2.24, 2.45) is 0 Å². The van der Waals surface area contributed by atoms with E-state index >= 15 is 0 Å². The lowest BCUT2D eigenvalue weighted by atomic mass is 10.0.